The molecule has 1 saturated heterocycles. The lowest BCUT2D eigenvalue weighted by molar-refractivity contribution is -0.117. The molecule has 1 aliphatic carbocycles. The van der Waals surface area contributed by atoms with Gasteiger partial charge in [0.2, 0.25) is 5.91 Å². The number of anilines is 2. The van der Waals surface area contributed by atoms with Gasteiger partial charge in [0.15, 0.2) is 0 Å². The molecule has 1 amide bonds. The summed E-state index contributed by atoms with van der Waals surface area (Å²) in [6, 6.07) is 6.07. The van der Waals surface area contributed by atoms with Gasteiger partial charge in [-0.2, -0.15) is 0 Å². The molecule has 2 aliphatic rings. The molecule has 21 heavy (non-hydrogen) atoms. The first kappa shape index (κ1) is 14.9. The summed E-state index contributed by atoms with van der Waals surface area (Å²) >= 11 is 3.44. The Morgan fingerprint density at radius 3 is 2.95 bits per heavy atom. The molecule has 3 N–H and O–H groups in total. The molecular weight excluding hydrogens is 330 g/mol. The summed E-state index contributed by atoms with van der Waals surface area (Å²) in [4.78, 5) is 14.6. The molecule has 0 aromatic heterocycles. The zero-order valence-corrected chi connectivity index (χ0v) is 13.7. The van der Waals surface area contributed by atoms with Gasteiger partial charge in [-0.05, 0) is 65.9 Å². The summed E-state index contributed by atoms with van der Waals surface area (Å²) in [6.45, 7) is 1.56. The van der Waals surface area contributed by atoms with Crippen LogP contribution in [0, 0.1) is 5.92 Å². The Bertz CT molecular complexity index is 534. The molecule has 0 spiro atoms. The predicted octanol–water partition coefficient (Wildman–Crippen LogP) is 3.23. The molecule has 2 unspecified atom stereocenters. The Balaban J connectivity index is 1.59. The molecule has 0 radical (unpaired) electrons. The second-order valence-electron chi connectivity index (χ2n) is 6.16. The standard InChI is InChI=1S/C16H22BrN3O/c17-13-9-12(18)5-6-14(13)19-16(21)10-20-8-7-11-3-1-2-4-15(11)20/h5-6,9,11,15H,1-4,7-8,10,18H2,(H,19,21). The fourth-order valence-corrected chi connectivity index (χ4v) is 4.20. The number of rotatable bonds is 3. The average molecular weight is 352 g/mol. The Labute approximate surface area is 134 Å². The number of likely N-dealkylation sites (tertiary alicyclic amines) is 1. The smallest absolute Gasteiger partial charge is 0.238 e. The van der Waals surface area contributed by atoms with E-state index in [9.17, 15) is 4.79 Å². The van der Waals surface area contributed by atoms with Crippen LogP contribution in [0.2, 0.25) is 0 Å². The van der Waals surface area contributed by atoms with E-state index < -0.39 is 0 Å². The van der Waals surface area contributed by atoms with Crippen LogP contribution >= 0.6 is 15.9 Å². The number of benzene rings is 1. The van der Waals surface area contributed by atoms with Crippen LogP contribution in [0.4, 0.5) is 11.4 Å². The molecule has 114 valence electrons. The molecule has 1 aromatic rings. The average Bonchev–Trinajstić information content (AvgIpc) is 2.85. The van der Waals surface area contributed by atoms with Crippen LogP contribution in [0.1, 0.15) is 32.1 Å². The van der Waals surface area contributed by atoms with Gasteiger partial charge in [0.1, 0.15) is 0 Å². The van der Waals surface area contributed by atoms with Crippen LogP contribution in [-0.4, -0.2) is 29.9 Å². The van der Waals surface area contributed by atoms with Crippen LogP contribution in [-0.2, 0) is 4.79 Å². The Hall–Kier alpha value is -1.07. The fraction of sp³-hybridized carbons (Fsp3) is 0.562. The lowest BCUT2D eigenvalue weighted by atomic mass is 9.85. The number of nitrogens with two attached hydrogens (primary N) is 1. The van der Waals surface area contributed by atoms with Crippen molar-refractivity contribution in [3.05, 3.63) is 22.7 Å². The monoisotopic (exact) mass is 351 g/mol. The second-order valence-corrected chi connectivity index (χ2v) is 7.01. The number of nitrogens with one attached hydrogen (secondary N) is 1. The van der Waals surface area contributed by atoms with Gasteiger partial charge in [0.25, 0.3) is 0 Å². The number of hydrogen-bond acceptors (Lipinski definition) is 3. The molecule has 1 aliphatic heterocycles. The SMILES string of the molecule is Nc1ccc(NC(=O)CN2CCC3CCCCC32)c(Br)c1. The first-order chi connectivity index (χ1) is 10.1. The molecule has 5 heteroatoms. The minimum absolute atomic E-state index is 0.0618. The number of hydrogen-bond donors (Lipinski definition) is 2. The van der Waals surface area contributed by atoms with Crippen molar-refractivity contribution in [1.29, 1.82) is 0 Å². The van der Waals surface area contributed by atoms with Gasteiger partial charge >= 0.3 is 0 Å². The van der Waals surface area contributed by atoms with Crippen LogP contribution in [0.5, 0.6) is 0 Å². The van der Waals surface area contributed by atoms with Crippen molar-refractivity contribution in [1.82, 2.24) is 4.90 Å². The molecule has 0 bridgehead atoms. The highest BCUT2D eigenvalue weighted by atomic mass is 79.9. The van der Waals surface area contributed by atoms with Crippen LogP contribution < -0.4 is 11.1 Å². The first-order valence-corrected chi connectivity index (χ1v) is 8.52. The van der Waals surface area contributed by atoms with Crippen molar-refractivity contribution in [2.45, 2.75) is 38.1 Å². The Kier molecular flexibility index (Phi) is 4.50. The van der Waals surface area contributed by atoms with Gasteiger partial charge in [-0.25, -0.2) is 0 Å². The maximum Gasteiger partial charge on any atom is 0.238 e. The zero-order chi connectivity index (χ0) is 14.8. The van der Waals surface area contributed by atoms with E-state index in [2.05, 4.69) is 26.1 Å². The molecule has 1 heterocycles. The largest absolute Gasteiger partial charge is 0.399 e. The molecular formula is C16H22BrN3O. The van der Waals surface area contributed by atoms with Crippen molar-refractivity contribution in [2.24, 2.45) is 5.92 Å². The van der Waals surface area contributed by atoms with Gasteiger partial charge in [-0.15, -0.1) is 0 Å². The number of nitrogen functional groups attached to an aromatic ring is 1. The van der Waals surface area contributed by atoms with E-state index >= 15 is 0 Å². The van der Waals surface area contributed by atoms with Crippen molar-refractivity contribution >= 4 is 33.2 Å². The zero-order valence-electron chi connectivity index (χ0n) is 12.1. The number of halogens is 1. The summed E-state index contributed by atoms with van der Waals surface area (Å²) in [5.41, 5.74) is 7.18. The molecule has 1 aromatic carbocycles. The maximum atomic E-state index is 12.3. The lowest BCUT2D eigenvalue weighted by Crippen LogP contribution is -2.39. The van der Waals surface area contributed by atoms with E-state index in [0.717, 1.165) is 22.6 Å². The van der Waals surface area contributed by atoms with Gasteiger partial charge in [-0.1, -0.05) is 12.8 Å². The van der Waals surface area contributed by atoms with E-state index in [1.165, 1.54) is 32.1 Å². The first-order valence-electron chi connectivity index (χ1n) is 7.72. The summed E-state index contributed by atoms with van der Waals surface area (Å²) in [5.74, 6) is 0.876. The second kappa shape index (κ2) is 6.36. The highest BCUT2D eigenvalue weighted by molar-refractivity contribution is 9.10. The third-order valence-electron chi connectivity index (χ3n) is 4.74. The number of carbonyl (C=O) groups is 1. The molecule has 1 saturated carbocycles. The highest BCUT2D eigenvalue weighted by Gasteiger charge is 2.36. The lowest BCUT2D eigenvalue weighted by Gasteiger charge is -2.31. The van der Waals surface area contributed by atoms with E-state index in [0.29, 0.717) is 18.3 Å². The quantitative estimate of drug-likeness (QED) is 0.821. The van der Waals surface area contributed by atoms with Crippen LogP contribution in [0.25, 0.3) is 0 Å². The summed E-state index contributed by atoms with van der Waals surface area (Å²) in [7, 11) is 0. The molecule has 4 nitrogen and oxygen atoms in total. The van der Waals surface area contributed by atoms with E-state index in [1.54, 1.807) is 6.07 Å². The Morgan fingerprint density at radius 1 is 1.33 bits per heavy atom. The van der Waals surface area contributed by atoms with Crippen molar-refractivity contribution in [3.63, 3.8) is 0 Å². The van der Waals surface area contributed by atoms with Crippen molar-refractivity contribution in [3.8, 4) is 0 Å². The molecule has 2 fully saturated rings. The fourth-order valence-electron chi connectivity index (χ4n) is 3.71. The van der Waals surface area contributed by atoms with Crippen molar-refractivity contribution in [2.75, 3.05) is 24.1 Å². The number of amides is 1. The highest BCUT2D eigenvalue weighted by Crippen LogP contribution is 2.36. The van der Waals surface area contributed by atoms with E-state index in [1.807, 2.05) is 12.1 Å². The van der Waals surface area contributed by atoms with Gasteiger partial charge in [0, 0.05) is 16.2 Å². The van der Waals surface area contributed by atoms with Crippen LogP contribution in [0.15, 0.2) is 22.7 Å². The minimum Gasteiger partial charge on any atom is -0.399 e. The van der Waals surface area contributed by atoms with Gasteiger partial charge in [-0.3, -0.25) is 9.69 Å². The molecule has 2 atom stereocenters. The summed E-state index contributed by atoms with van der Waals surface area (Å²) in [5, 5.41) is 2.98. The number of nitrogens with zero attached hydrogens (tertiary/aromatic N) is 1. The number of fused-ring (bicyclic) bond motifs is 1. The summed E-state index contributed by atoms with van der Waals surface area (Å²) in [6.07, 6.45) is 6.52. The topological polar surface area (TPSA) is 58.4 Å². The third kappa shape index (κ3) is 3.40. The third-order valence-corrected chi connectivity index (χ3v) is 5.40. The van der Waals surface area contributed by atoms with Gasteiger partial charge in [0.05, 0.1) is 12.2 Å². The normalized spacial score (nSPS) is 25.6. The van der Waals surface area contributed by atoms with Crippen LogP contribution in [0.3, 0.4) is 0 Å². The molecule has 3 rings (SSSR count). The maximum absolute atomic E-state index is 12.3. The number of carbonyl (C=O) groups excluding carboxylic acids is 1. The van der Waals surface area contributed by atoms with Gasteiger partial charge < -0.3 is 11.1 Å². The predicted molar refractivity (Wildman–Crippen MR) is 89.1 cm³/mol. The van der Waals surface area contributed by atoms with E-state index in [-0.39, 0.29) is 5.91 Å². The van der Waals surface area contributed by atoms with Crippen molar-refractivity contribution < 1.29 is 4.79 Å². The summed E-state index contributed by atoms with van der Waals surface area (Å²) < 4.78 is 0.827. The minimum atomic E-state index is 0.0618. The Morgan fingerprint density at radius 2 is 2.14 bits per heavy atom. The van der Waals surface area contributed by atoms with E-state index in [4.69, 9.17) is 5.73 Å².